The van der Waals surface area contributed by atoms with Gasteiger partial charge in [-0.1, -0.05) is 30.3 Å². The molecule has 4 amide bonds. The molecule has 0 saturated carbocycles. The Morgan fingerprint density at radius 2 is 1.67 bits per heavy atom. The minimum absolute atomic E-state index is 0.204. The molecule has 0 radical (unpaired) electrons. The molecule has 0 aromatic heterocycles. The molecule has 2 unspecified atom stereocenters. The number of nitrogens with zero attached hydrogens (tertiary/aromatic N) is 5. The zero-order valence-electron chi connectivity index (χ0n) is 18.6. The number of primary amides is 1. The second-order valence-corrected chi connectivity index (χ2v) is 8.38. The number of amides is 4. The van der Waals surface area contributed by atoms with Gasteiger partial charge in [-0.3, -0.25) is 24.3 Å². The van der Waals surface area contributed by atoms with Gasteiger partial charge < -0.3 is 10.6 Å². The first kappa shape index (κ1) is 20.7. The van der Waals surface area contributed by atoms with Crippen LogP contribution in [0.2, 0.25) is 0 Å². The van der Waals surface area contributed by atoms with E-state index in [1.54, 1.807) is 31.3 Å². The fraction of sp³-hybridized carbons (Fsp3) is 0.250. The molecule has 0 aliphatic carbocycles. The molecule has 9 heteroatoms. The number of aliphatic imine (C=N–C) groups is 1. The van der Waals surface area contributed by atoms with E-state index in [0.717, 1.165) is 22.6 Å². The van der Waals surface area contributed by atoms with E-state index in [-0.39, 0.29) is 18.5 Å². The van der Waals surface area contributed by atoms with E-state index >= 15 is 0 Å². The smallest absolute Gasteiger partial charge is 0.328 e. The summed E-state index contributed by atoms with van der Waals surface area (Å²) < 4.78 is 0. The van der Waals surface area contributed by atoms with Gasteiger partial charge in [0.2, 0.25) is 11.9 Å². The average Bonchev–Trinajstić information content (AvgIpc) is 3.31. The first-order valence-electron chi connectivity index (χ1n) is 10.7. The summed E-state index contributed by atoms with van der Waals surface area (Å²) in [6.45, 7) is 4.10. The highest BCUT2D eigenvalue weighted by molar-refractivity contribution is 6.10. The van der Waals surface area contributed by atoms with E-state index in [9.17, 15) is 14.4 Å². The number of hydrogen-bond acceptors (Lipinski definition) is 6. The van der Waals surface area contributed by atoms with Crippen LogP contribution in [0.25, 0.3) is 0 Å². The van der Waals surface area contributed by atoms with Crippen LogP contribution in [0.15, 0.2) is 71.0 Å². The normalized spacial score (nSPS) is 22.1. The SMILES string of the molecule is CC1=C(C)N2C(=NC3C2C(=O)N(Cc2ccccc2)C(=O)N3C)N1c1ccc(C(N)=O)cc1. The van der Waals surface area contributed by atoms with Crippen LogP contribution < -0.4 is 10.6 Å². The van der Waals surface area contributed by atoms with Crippen molar-refractivity contribution in [3.63, 3.8) is 0 Å². The largest absolute Gasteiger partial charge is 0.366 e. The van der Waals surface area contributed by atoms with Crippen LogP contribution in [-0.2, 0) is 11.3 Å². The summed E-state index contributed by atoms with van der Waals surface area (Å²) in [7, 11) is 1.68. The van der Waals surface area contributed by atoms with Gasteiger partial charge in [0.25, 0.3) is 5.91 Å². The number of likely N-dealkylation sites (N-methyl/N-ethyl adjacent to an activating group) is 1. The Balaban J connectivity index is 1.50. The molecule has 168 valence electrons. The van der Waals surface area contributed by atoms with Crippen LogP contribution in [0.4, 0.5) is 10.5 Å². The number of urea groups is 1. The highest BCUT2D eigenvalue weighted by atomic mass is 16.2. The van der Waals surface area contributed by atoms with Crippen molar-refractivity contribution in [2.24, 2.45) is 10.7 Å². The number of carbonyl (C=O) groups is 3. The van der Waals surface area contributed by atoms with Crippen LogP contribution in [0.3, 0.4) is 0 Å². The molecule has 1 fully saturated rings. The Bertz CT molecular complexity index is 1220. The van der Waals surface area contributed by atoms with Gasteiger partial charge >= 0.3 is 6.03 Å². The van der Waals surface area contributed by atoms with Crippen molar-refractivity contribution in [3.05, 3.63) is 77.1 Å². The van der Waals surface area contributed by atoms with Gasteiger partial charge in [0.15, 0.2) is 12.2 Å². The van der Waals surface area contributed by atoms with Crippen molar-refractivity contribution in [2.45, 2.75) is 32.6 Å². The summed E-state index contributed by atoms with van der Waals surface area (Å²) >= 11 is 0. The summed E-state index contributed by atoms with van der Waals surface area (Å²) in [5.41, 5.74) is 9.25. The Morgan fingerprint density at radius 3 is 2.30 bits per heavy atom. The average molecular weight is 444 g/mol. The van der Waals surface area contributed by atoms with Crippen LogP contribution in [0, 0.1) is 0 Å². The monoisotopic (exact) mass is 444 g/mol. The van der Waals surface area contributed by atoms with Crippen LogP contribution in [0.1, 0.15) is 29.8 Å². The van der Waals surface area contributed by atoms with E-state index in [2.05, 4.69) is 0 Å². The molecular weight excluding hydrogens is 420 g/mol. The molecule has 9 nitrogen and oxygen atoms in total. The Labute approximate surface area is 191 Å². The number of carbonyl (C=O) groups excluding carboxylic acids is 3. The van der Waals surface area contributed by atoms with Crippen molar-refractivity contribution < 1.29 is 14.4 Å². The highest BCUT2D eigenvalue weighted by Gasteiger charge is 2.55. The maximum Gasteiger partial charge on any atom is 0.328 e. The third-order valence-electron chi connectivity index (χ3n) is 6.49. The summed E-state index contributed by atoms with van der Waals surface area (Å²) in [6, 6.07) is 15.4. The van der Waals surface area contributed by atoms with Crippen LogP contribution in [-0.4, -0.2) is 57.8 Å². The Hall–Kier alpha value is -4.14. The molecule has 3 aliphatic heterocycles. The second kappa shape index (κ2) is 7.47. The lowest BCUT2D eigenvalue weighted by atomic mass is 10.1. The summed E-state index contributed by atoms with van der Waals surface area (Å²) in [5.74, 6) is -0.188. The predicted octanol–water partition coefficient (Wildman–Crippen LogP) is 2.32. The van der Waals surface area contributed by atoms with Crippen LogP contribution in [0.5, 0.6) is 0 Å². The molecular formula is C24H24N6O3. The summed E-state index contributed by atoms with van der Waals surface area (Å²) in [5, 5.41) is 0. The third kappa shape index (κ3) is 3.07. The van der Waals surface area contributed by atoms with Gasteiger partial charge in [-0.15, -0.1) is 0 Å². The molecule has 33 heavy (non-hydrogen) atoms. The number of hydrogen-bond donors (Lipinski definition) is 1. The Kier molecular flexibility index (Phi) is 4.70. The van der Waals surface area contributed by atoms with Crippen molar-refractivity contribution in [1.29, 1.82) is 0 Å². The molecule has 2 atom stereocenters. The van der Waals surface area contributed by atoms with Gasteiger partial charge in [-0.2, -0.15) is 0 Å². The maximum atomic E-state index is 13.6. The number of fused-ring (bicyclic) bond motifs is 3. The molecule has 2 aromatic rings. The zero-order chi connectivity index (χ0) is 23.4. The van der Waals surface area contributed by atoms with Crippen molar-refractivity contribution in [3.8, 4) is 0 Å². The van der Waals surface area contributed by atoms with Gasteiger partial charge in [0.1, 0.15) is 0 Å². The Morgan fingerprint density at radius 1 is 1.00 bits per heavy atom. The van der Waals surface area contributed by atoms with Crippen molar-refractivity contribution >= 4 is 29.5 Å². The minimum atomic E-state index is -0.642. The maximum absolute atomic E-state index is 13.6. The van der Waals surface area contributed by atoms with E-state index in [1.165, 1.54) is 9.80 Å². The first-order chi connectivity index (χ1) is 15.8. The third-order valence-corrected chi connectivity index (χ3v) is 6.49. The second-order valence-electron chi connectivity index (χ2n) is 8.38. The minimum Gasteiger partial charge on any atom is -0.366 e. The molecule has 2 aromatic carbocycles. The topological polar surface area (TPSA) is 103 Å². The number of nitrogens with two attached hydrogens (primary N) is 1. The molecule has 3 aliphatic rings. The number of guanidine groups is 1. The standard InChI is InChI=1S/C24H24N6O3/c1-14-15(2)30-19-21(26-23(30)29(14)18-11-9-17(10-12-18)20(25)31)27(3)24(33)28(22(19)32)13-16-7-5-4-6-8-16/h4-12,19,21H,13H2,1-3H3,(H2,25,31). The number of imide groups is 1. The lowest BCUT2D eigenvalue weighted by Gasteiger charge is -2.40. The van der Waals surface area contributed by atoms with E-state index in [1.807, 2.05) is 54.0 Å². The highest BCUT2D eigenvalue weighted by Crippen LogP contribution is 2.40. The van der Waals surface area contributed by atoms with Gasteiger partial charge in [0.05, 0.1) is 6.54 Å². The molecule has 0 bridgehead atoms. The predicted molar refractivity (Wildman–Crippen MR) is 123 cm³/mol. The lowest BCUT2D eigenvalue weighted by Crippen LogP contribution is -2.64. The molecule has 2 N–H and O–H groups in total. The number of rotatable bonds is 4. The van der Waals surface area contributed by atoms with Crippen molar-refractivity contribution in [2.75, 3.05) is 11.9 Å². The van der Waals surface area contributed by atoms with E-state index in [0.29, 0.717) is 11.5 Å². The van der Waals surface area contributed by atoms with Crippen LogP contribution >= 0.6 is 0 Å². The van der Waals surface area contributed by atoms with Gasteiger partial charge in [0, 0.05) is 29.7 Å². The summed E-state index contributed by atoms with van der Waals surface area (Å²) in [4.78, 5) is 49.6. The fourth-order valence-electron chi connectivity index (χ4n) is 4.61. The molecule has 3 heterocycles. The number of anilines is 1. The van der Waals surface area contributed by atoms with Gasteiger partial charge in [-0.05, 0) is 43.7 Å². The first-order valence-corrected chi connectivity index (χ1v) is 10.7. The van der Waals surface area contributed by atoms with Gasteiger partial charge in [-0.25, -0.2) is 9.79 Å². The molecule has 1 saturated heterocycles. The lowest BCUT2D eigenvalue weighted by molar-refractivity contribution is -0.137. The zero-order valence-corrected chi connectivity index (χ0v) is 18.6. The quantitative estimate of drug-likeness (QED) is 0.780. The number of benzene rings is 2. The molecule has 0 spiro atoms. The number of allylic oxidation sites excluding steroid dienone is 2. The molecule has 5 rings (SSSR count). The van der Waals surface area contributed by atoms with E-state index < -0.39 is 18.1 Å². The fourth-order valence-corrected chi connectivity index (χ4v) is 4.61. The van der Waals surface area contributed by atoms with Crippen molar-refractivity contribution in [1.82, 2.24) is 14.7 Å². The van der Waals surface area contributed by atoms with E-state index in [4.69, 9.17) is 10.7 Å². The summed E-state index contributed by atoms with van der Waals surface area (Å²) in [6.07, 6.45) is -0.623.